The Morgan fingerprint density at radius 3 is 2.38 bits per heavy atom. The lowest BCUT2D eigenvalue weighted by Gasteiger charge is -2.19. The van der Waals surface area contributed by atoms with Gasteiger partial charge in [-0.3, -0.25) is 4.79 Å². The average Bonchev–Trinajstić information content (AvgIpc) is 2.58. The summed E-state index contributed by atoms with van der Waals surface area (Å²) in [6, 6.07) is 7.27. The number of halogens is 4. The summed E-state index contributed by atoms with van der Waals surface area (Å²) in [5, 5.41) is 9.80. The molecule has 0 atom stereocenters. The molecule has 0 aliphatic rings. The van der Waals surface area contributed by atoms with E-state index in [1.54, 1.807) is 6.92 Å². The Kier molecular flexibility index (Phi) is 6.02. The molecule has 0 radical (unpaired) electrons. The first-order chi connectivity index (χ1) is 12.1. The number of hydrogen-bond donors (Lipinski definition) is 1. The van der Waals surface area contributed by atoms with Crippen LogP contribution >= 0.6 is 11.6 Å². The molecule has 0 fully saturated rings. The van der Waals surface area contributed by atoms with E-state index in [1.807, 2.05) is 0 Å². The lowest BCUT2D eigenvalue weighted by molar-refractivity contribution is -0.137. The van der Waals surface area contributed by atoms with Crippen LogP contribution in [0, 0.1) is 0 Å². The number of aromatic hydroxyl groups is 1. The zero-order valence-electron chi connectivity index (χ0n) is 14.1. The zero-order chi connectivity index (χ0) is 19.5. The summed E-state index contributed by atoms with van der Waals surface area (Å²) < 4.78 is 43.0. The molecule has 26 heavy (non-hydrogen) atoms. The lowest BCUT2D eigenvalue weighted by Crippen LogP contribution is -2.26. The van der Waals surface area contributed by atoms with Crippen LogP contribution in [0.25, 0.3) is 0 Å². The lowest BCUT2D eigenvalue weighted by atomic mass is 10.1. The second kappa shape index (κ2) is 7.86. The number of phenolic OH excluding ortho intramolecular Hbond substituents is 1. The first-order valence-electron chi connectivity index (χ1n) is 7.70. The minimum atomic E-state index is -4.40. The number of phenols is 1. The van der Waals surface area contributed by atoms with Crippen molar-refractivity contribution in [1.82, 2.24) is 4.90 Å². The fourth-order valence-electron chi connectivity index (χ4n) is 2.33. The molecule has 140 valence electrons. The van der Waals surface area contributed by atoms with E-state index in [9.17, 15) is 23.1 Å². The van der Waals surface area contributed by atoms with Gasteiger partial charge in [-0.2, -0.15) is 13.2 Å². The molecule has 0 saturated heterocycles. The maximum Gasteiger partial charge on any atom is 0.416 e. The van der Waals surface area contributed by atoms with Crippen molar-refractivity contribution in [2.24, 2.45) is 0 Å². The van der Waals surface area contributed by atoms with Crippen LogP contribution in [-0.2, 0) is 12.7 Å². The molecule has 0 unspecified atom stereocenters. The molecule has 8 heteroatoms. The highest BCUT2D eigenvalue weighted by molar-refractivity contribution is 6.32. The third kappa shape index (κ3) is 4.60. The maximum absolute atomic E-state index is 12.6. The molecule has 1 N–H and O–H groups in total. The van der Waals surface area contributed by atoms with Gasteiger partial charge in [0.1, 0.15) is 0 Å². The largest absolute Gasteiger partial charge is 0.503 e. The van der Waals surface area contributed by atoms with E-state index >= 15 is 0 Å². The van der Waals surface area contributed by atoms with Gasteiger partial charge in [0.25, 0.3) is 5.91 Å². The van der Waals surface area contributed by atoms with E-state index in [1.165, 1.54) is 36.2 Å². The molecule has 4 nitrogen and oxygen atoms in total. The predicted octanol–water partition coefficient (Wildman–Crippen LogP) is 4.74. The van der Waals surface area contributed by atoms with Gasteiger partial charge in [0, 0.05) is 19.2 Å². The van der Waals surface area contributed by atoms with Crippen molar-refractivity contribution in [3.05, 3.63) is 58.1 Å². The highest BCUT2D eigenvalue weighted by Gasteiger charge is 2.30. The normalized spacial score (nSPS) is 11.3. The van der Waals surface area contributed by atoms with Crippen molar-refractivity contribution in [2.45, 2.75) is 19.6 Å². The fourth-order valence-corrected chi connectivity index (χ4v) is 2.54. The Morgan fingerprint density at radius 2 is 1.85 bits per heavy atom. The highest BCUT2D eigenvalue weighted by Crippen LogP contribution is 2.35. The third-order valence-corrected chi connectivity index (χ3v) is 3.91. The molecule has 2 aromatic carbocycles. The van der Waals surface area contributed by atoms with E-state index in [-0.39, 0.29) is 35.2 Å². The Labute approximate surface area is 153 Å². The van der Waals surface area contributed by atoms with Crippen LogP contribution in [0.15, 0.2) is 36.4 Å². The summed E-state index contributed by atoms with van der Waals surface area (Å²) in [4.78, 5) is 13.9. The molecule has 0 spiro atoms. The smallest absolute Gasteiger partial charge is 0.416 e. The van der Waals surface area contributed by atoms with Crippen LogP contribution in [0.5, 0.6) is 11.5 Å². The van der Waals surface area contributed by atoms with Gasteiger partial charge in [-0.05, 0) is 36.8 Å². The summed E-state index contributed by atoms with van der Waals surface area (Å²) in [6.07, 6.45) is -4.40. The first-order valence-corrected chi connectivity index (χ1v) is 8.08. The van der Waals surface area contributed by atoms with E-state index in [0.29, 0.717) is 5.56 Å². The van der Waals surface area contributed by atoms with E-state index < -0.39 is 17.6 Å². The van der Waals surface area contributed by atoms with E-state index in [2.05, 4.69) is 0 Å². The number of alkyl halides is 3. The van der Waals surface area contributed by atoms with Gasteiger partial charge in [0.2, 0.25) is 0 Å². The van der Waals surface area contributed by atoms with Crippen LogP contribution in [0.1, 0.15) is 28.4 Å². The second-order valence-corrected chi connectivity index (χ2v) is 6.00. The average molecular weight is 388 g/mol. The predicted molar refractivity (Wildman–Crippen MR) is 91.5 cm³/mol. The molecule has 2 rings (SSSR count). The Hall–Kier alpha value is -2.41. The first kappa shape index (κ1) is 19.9. The molecule has 0 aromatic heterocycles. The summed E-state index contributed by atoms with van der Waals surface area (Å²) in [6.45, 7) is 2.11. The topological polar surface area (TPSA) is 49.8 Å². The van der Waals surface area contributed by atoms with Crippen LogP contribution in [0.2, 0.25) is 5.02 Å². The number of ether oxygens (including phenoxy) is 1. The van der Waals surface area contributed by atoms with Gasteiger partial charge >= 0.3 is 6.18 Å². The van der Waals surface area contributed by atoms with Crippen LogP contribution in [-0.4, -0.2) is 29.6 Å². The van der Waals surface area contributed by atoms with Crippen molar-refractivity contribution in [3.63, 3.8) is 0 Å². The van der Waals surface area contributed by atoms with Crippen molar-refractivity contribution in [1.29, 1.82) is 0 Å². The number of carbonyl (C=O) groups is 1. The van der Waals surface area contributed by atoms with Gasteiger partial charge < -0.3 is 14.7 Å². The standard InChI is InChI=1S/C18H17ClF3NO3/c1-3-26-15-9-12(8-14(19)16(15)24)17(25)23(2)10-11-4-6-13(7-5-11)18(20,21)22/h4-9,24H,3,10H2,1-2H3. The van der Waals surface area contributed by atoms with Gasteiger partial charge in [-0.1, -0.05) is 23.7 Å². The highest BCUT2D eigenvalue weighted by atomic mass is 35.5. The SMILES string of the molecule is CCOc1cc(C(=O)N(C)Cc2ccc(C(F)(F)F)cc2)cc(Cl)c1O. The second-order valence-electron chi connectivity index (χ2n) is 5.59. The molecule has 0 saturated carbocycles. The van der Waals surface area contributed by atoms with E-state index in [0.717, 1.165) is 12.1 Å². The van der Waals surface area contributed by atoms with Gasteiger partial charge in [-0.15, -0.1) is 0 Å². The number of hydrogen-bond acceptors (Lipinski definition) is 3. The Morgan fingerprint density at radius 1 is 1.23 bits per heavy atom. The molecule has 2 aromatic rings. The number of carbonyl (C=O) groups excluding carboxylic acids is 1. The molecular weight excluding hydrogens is 371 g/mol. The fraction of sp³-hybridized carbons (Fsp3) is 0.278. The van der Waals surface area contributed by atoms with Crippen molar-refractivity contribution in [2.75, 3.05) is 13.7 Å². The Bertz CT molecular complexity index is 792. The van der Waals surface area contributed by atoms with E-state index in [4.69, 9.17) is 16.3 Å². The summed E-state index contributed by atoms with van der Waals surface area (Å²) in [5.74, 6) is -0.575. The summed E-state index contributed by atoms with van der Waals surface area (Å²) in [5.41, 5.74) is -0.00341. The van der Waals surface area contributed by atoms with Crippen LogP contribution in [0.4, 0.5) is 13.2 Å². The molecule has 0 bridgehead atoms. The summed E-state index contributed by atoms with van der Waals surface area (Å²) >= 11 is 5.92. The Balaban J connectivity index is 2.17. The van der Waals surface area contributed by atoms with Crippen LogP contribution in [0.3, 0.4) is 0 Å². The maximum atomic E-state index is 12.6. The molecule has 1 amide bonds. The summed E-state index contributed by atoms with van der Waals surface area (Å²) in [7, 11) is 1.51. The van der Waals surface area contributed by atoms with Gasteiger partial charge in [0.05, 0.1) is 17.2 Å². The van der Waals surface area contributed by atoms with Crippen LogP contribution < -0.4 is 4.74 Å². The van der Waals surface area contributed by atoms with Gasteiger partial charge in [-0.25, -0.2) is 0 Å². The van der Waals surface area contributed by atoms with Crippen molar-refractivity contribution < 1.29 is 27.8 Å². The number of rotatable bonds is 5. The minimum absolute atomic E-state index is 0.0257. The quantitative estimate of drug-likeness (QED) is 0.806. The monoisotopic (exact) mass is 387 g/mol. The zero-order valence-corrected chi connectivity index (χ0v) is 14.9. The van der Waals surface area contributed by atoms with Crippen molar-refractivity contribution >= 4 is 17.5 Å². The minimum Gasteiger partial charge on any atom is -0.503 e. The molecule has 0 aliphatic heterocycles. The van der Waals surface area contributed by atoms with Gasteiger partial charge in [0.15, 0.2) is 11.5 Å². The third-order valence-electron chi connectivity index (χ3n) is 3.62. The molecule has 0 heterocycles. The number of nitrogens with zero attached hydrogens (tertiary/aromatic N) is 1. The molecule has 0 aliphatic carbocycles. The molecular formula is C18H17ClF3NO3. The number of benzene rings is 2. The number of amides is 1. The van der Waals surface area contributed by atoms with Crippen molar-refractivity contribution in [3.8, 4) is 11.5 Å².